The molecule has 7 nitrogen and oxygen atoms in total. The second kappa shape index (κ2) is 5.72. The predicted octanol–water partition coefficient (Wildman–Crippen LogP) is 1.99. The van der Waals surface area contributed by atoms with Gasteiger partial charge in [0.05, 0.1) is 23.8 Å². The number of likely N-dealkylation sites (tertiary alicyclic amines) is 1. The van der Waals surface area contributed by atoms with Crippen molar-refractivity contribution in [2.45, 2.75) is 12.5 Å². The number of ether oxygens (including phenoxy) is 1. The number of rotatable bonds is 3. The van der Waals surface area contributed by atoms with Crippen LogP contribution in [0.15, 0.2) is 18.2 Å². The summed E-state index contributed by atoms with van der Waals surface area (Å²) in [5.41, 5.74) is -0.108. The summed E-state index contributed by atoms with van der Waals surface area (Å²) in [6.07, 6.45) is 0.240. The first-order valence-electron chi connectivity index (χ1n) is 6.04. The summed E-state index contributed by atoms with van der Waals surface area (Å²) in [6, 6.07) is 3.33. The highest BCUT2D eigenvalue weighted by molar-refractivity contribution is 5.68. The summed E-state index contributed by atoms with van der Waals surface area (Å²) in [6.45, 7) is 0.933. The van der Waals surface area contributed by atoms with Gasteiger partial charge in [-0.2, -0.15) is 0 Å². The number of carbonyl (C=O) groups is 1. The SMILES string of the molecule is COC(=O)N1CC[C@@H](Nc2ccc([N+](=O)[O-])cc2F)C1. The molecule has 1 fully saturated rings. The summed E-state index contributed by atoms with van der Waals surface area (Å²) in [7, 11) is 1.30. The first-order chi connectivity index (χ1) is 9.51. The number of nitro groups is 1. The van der Waals surface area contributed by atoms with Gasteiger partial charge in [-0.05, 0) is 12.5 Å². The smallest absolute Gasteiger partial charge is 0.409 e. The number of nitrogens with zero attached hydrogens (tertiary/aromatic N) is 2. The molecule has 0 unspecified atom stereocenters. The minimum absolute atomic E-state index is 0.106. The van der Waals surface area contributed by atoms with Crippen LogP contribution in [0, 0.1) is 15.9 Å². The number of hydrogen-bond acceptors (Lipinski definition) is 5. The Kier molecular flexibility index (Phi) is 4.02. The molecule has 1 aliphatic heterocycles. The van der Waals surface area contributed by atoms with Gasteiger partial charge in [-0.3, -0.25) is 10.1 Å². The monoisotopic (exact) mass is 283 g/mol. The Balaban J connectivity index is 2.01. The van der Waals surface area contributed by atoms with Gasteiger partial charge in [0.2, 0.25) is 0 Å². The molecule has 1 saturated heterocycles. The molecule has 2 rings (SSSR count). The number of hydrogen-bond donors (Lipinski definition) is 1. The van der Waals surface area contributed by atoms with Gasteiger partial charge in [0, 0.05) is 25.2 Å². The number of carbonyl (C=O) groups excluding carboxylic acids is 1. The van der Waals surface area contributed by atoms with Crippen molar-refractivity contribution in [1.82, 2.24) is 4.90 Å². The van der Waals surface area contributed by atoms with E-state index in [0.29, 0.717) is 19.5 Å². The van der Waals surface area contributed by atoms with Gasteiger partial charge in [-0.15, -0.1) is 0 Å². The Morgan fingerprint density at radius 3 is 2.95 bits per heavy atom. The van der Waals surface area contributed by atoms with E-state index in [-0.39, 0.29) is 17.4 Å². The quantitative estimate of drug-likeness (QED) is 0.677. The number of nitro benzene ring substituents is 1. The number of methoxy groups -OCH3 is 1. The summed E-state index contributed by atoms with van der Waals surface area (Å²) >= 11 is 0. The minimum Gasteiger partial charge on any atom is -0.453 e. The zero-order valence-corrected chi connectivity index (χ0v) is 10.8. The Labute approximate surface area is 114 Å². The van der Waals surface area contributed by atoms with Gasteiger partial charge in [-0.1, -0.05) is 0 Å². The van der Waals surface area contributed by atoms with Gasteiger partial charge in [0.1, 0.15) is 0 Å². The molecule has 0 aliphatic carbocycles. The topological polar surface area (TPSA) is 84.7 Å². The van der Waals surface area contributed by atoms with E-state index >= 15 is 0 Å². The van der Waals surface area contributed by atoms with Crippen molar-refractivity contribution in [2.75, 3.05) is 25.5 Å². The van der Waals surface area contributed by atoms with E-state index in [4.69, 9.17) is 0 Å². The lowest BCUT2D eigenvalue weighted by Crippen LogP contribution is -2.31. The third-order valence-electron chi connectivity index (χ3n) is 3.14. The lowest BCUT2D eigenvalue weighted by Gasteiger charge is -2.16. The Hall–Kier alpha value is -2.38. The van der Waals surface area contributed by atoms with Crippen LogP contribution in [0.5, 0.6) is 0 Å². The van der Waals surface area contributed by atoms with E-state index in [1.165, 1.54) is 24.1 Å². The highest BCUT2D eigenvalue weighted by Gasteiger charge is 2.27. The van der Waals surface area contributed by atoms with E-state index in [1.807, 2.05) is 0 Å². The largest absolute Gasteiger partial charge is 0.453 e. The van der Waals surface area contributed by atoms with E-state index in [9.17, 15) is 19.3 Å². The molecule has 1 atom stereocenters. The molecular formula is C12H14FN3O4. The summed E-state index contributed by atoms with van der Waals surface area (Å²) in [5, 5.41) is 13.5. The molecule has 0 saturated carbocycles. The number of anilines is 1. The number of nitrogens with one attached hydrogen (secondary N) is 1. The second-order valence-electron chi connectivity index (χ2n) is 4.47. The highest BCUT2D eigenvalue weighted by atomic mass is 19.1. The second-order valence-corrected chi connectivity index (χ2v) is 4.47. The number of benzene rings is 1. The maximum Gasteiger partial charge on any atom is 0.409 e. The van der Waals surface area contributed by atoms with E-state index in [2.05, 4.69) is 10.1 Å². The van der Waals surface area contributed by atoms with Crippen molar-refractivity contribution < 1.29 is 18.8 Å². The maximum atomic E-state index is 13.7. The molecule has 1 amide bonds. The zero-order chi connectivity index (χ0) is 14.7. The molecule has 1 aliphatic rings. The molecule has 108 valence electrons. The van der Waals surface area contributed by atoms with E-state index < -0.39 is 16.8 Å². The van der Waals surface area contributed by atoms with Gasteiger partial charge in [0.25, 0.3) is 5.69 Å². The Morgan fingerprint density at radius 2 is 2.35 bits per heavy atom. The molecule has 1 N–H and O–H groups in total. The first-order valence-corrected chi connectivity index (χ1v) is 6.04. The van der Waals surface area contributed by atoms with Crippen LogP contribution in [0.25, 0.3) is 0 Å². The number of non-ortho nitro benzene ring substituents is 1. The van der Waals surface area contributed by atoms with Gasteiger partial charge >= 0.3 is 6.09 Å². The van der Waals surface area contributed by atoms with Crippen LogP contribution in [-0.2, 0) is 4.74 Å². The summed E-state index contributed by atoms with van der Waals surface area (Å²) in [4.78, 5) is 22.7. The normalized spacial score (nSPS) is 17.9. The van der Waals surface area contributed by atoms with Crippen molar-refractivity contribution in [3.8, 4) is 0 Å². The third-order valence-corrected chi connectivity index (χ3v) is 3.14. The van der Waals surface area contributed by atoms with Crippen LogP contribution in [0.1, 0.15) is 6.42 Å². The number of amides is 1. The first kappa shape index (κ1) is 14.0. The predicted molar refractivity (Wildman–Crippen MR) is 69.1 cm³/mol. The molecule has 1 aromatic carbocycles. The van der Waals surface area contributed by atoms with Crippen LogP contribution in [0.4, 0.5) is 20.6 Å². The van der Waals surface area contributed by atoms with E-state index in [0.717, 1.165) is 6.07 Å². The maximum absolute atomic E-state index is 13.7. The minimum atomic E-state index is -0.685. The van der Waals surface area contributed by atoms with E-state index in [1.54, 1.807) is 0 Å². The van der Waals surface area contributed by atoms with Crippen molar-refractivity contribution in [3.05, 3.63) is 34.1 Å². The standard InChI is InChI=1S/C12H14FN3O4/c1-20-12(17)15-5-4-8(7-15)14-11-3-2-9(16(18)19)6-10(11)13/h2-3,6,8,14H,4-5,7H2,1H3/t8-/m1/s1. The molecular weight excluding hydrogens is 269 g/mol. The Bertz CT molecular complexity index is 537. The molecule has 8 heteroatoms. The van der Waals surface area contributed by atoms with Crippen molar-refractivity contribution >= 4 is 17.5 Å². The van der Waals surface area contributed by atoms with Crippen LogP contribution < -0.4 is 5.32 Å². The van der Waals surface area contributed by atoms with Crippen LogP contribution in [-0.4, -0.2) is 42.2 Å². The summed E-state index contributed by atoms with van der Waals surface area (Å²) in [5.74, 6) is -0.685. The van der Waals surface area contributed by atoms with Crippen LogP contribution >= 0.6 is 0 Å². The lowest BCUT2D eigenvalue weighted by atomic mass is 10.2. The van der Waals surface area contributed by atoms with Crippen molar-refractivity contribution in [3.63, 3.8) is 0 Å². The average molecular weight is 283 g/mol. The molecule has 0 aromatic heterocycles. The molecule has 0 bridgehead atoms. The van der Waals surface area contributed by atoms with Gasteiger partial charge < -0.3 is 15.0 Å². The third kappa shape index (κ3) is 2.95. The molecule has 0 spiro atoms. The molecule has 1 heterocycles. The van der Waals surface area contributed by atoms with Gasteiger partial charge in [0.15, 0.2) is 5.82 Å². The fourth-order valence-corrected chi connectivity index (χ4v) is 2.13. The van der Waals surface area contributed by atoms with Crippen molar-refractivity contribution in [1.29, 1.82) is 0 Å². The van der Waals surface area contributed by atoms with Crippen LogP contribution in [0.3, 0.4) is 0 Å². The molecule has 0 radical (unpaired) electrons. The highest BCUT2D eigenvalue weighted by Crippen LogP contribution is 2.23. The van der Waals surface area contributed by atoms with Gasteiger partial charge in [-0.25, -0.2) is 9.18 Å². The lowest BCUT2D eigenvalue weighted by molar-refractivity contribution is -0.385. The molecule has 1 aromatic rings. The average Bonchev–Trinajstić information content (AvgIpc) is 2.88. The van der Waals surface area contributed by atoms with Crippen molar-refractivity contribution in [2.24, 2.45) is 0 Å². The fourth-order valence-electron chi connectivity index (χ4n) is 2.13. The molecule has 20 heavy (non-hydrogen) atoms. The Morgan fingerprint density at radius 1 is 1.60 bits per heavy atom. The number of halogens is 1. The van der Waals surface area contributed by atoms with Crippen LogP contribution in [0.2, 0.25) is 0 Å². The summed E-state index contributed by atoms with van der Waals surface area (Å²) < 4.78 is 18.3. The fraction of sp³-hybridized carbons (Fsp3) is 0.417. The zero-order valence-electron chi connectivity index (χ0n) is 10.8.